The van der Waals surface area contributed by atoms with Crippen LogP contribution >= 0.6 is 0 Å². The normalized spacial score (nSPS) is 43.2. The first-order chi connectivity index (χ1) is 9.39. The molecule has 2 heterocycles. The molecule has 2 atom stereocenters. The number of hydrogen-bond acceptors (Lipinski definition) is 3. The maximum atomic E-state index is 11.9. The van der Waals surface area contributed by atoms with Crippen LogP contribution in [0, 0.1) is 11.8 Å². The molecule has 0 bridgehead atoms. The SMILES string of the molecule is [2H]C([2H])(C)[C@]1([2H])C(=O)OC[C@]1([2H])C([2H])([2H])c1cncn1C. The molecule has 0 N–H and O–H groups in total. The van der Waals surface area contributed by atoms with E-state index in [0.29, 0.717) is 0 Å². The molecule has 0 unspecified atom stereocenters. The first-order valence-corrected chi connectivity index (χ1v) is 4.53. The highest BCUT2D eigenvalue weighted by Gasteiger charge is 2.35. The van der Waals surface area contributed by atoms with Crippen LogP contribution in [0.5, 0.6) is 0 Å². The van der Waals surface area contributed by atoms with Crippen LogP contribution in [0.4, 0.5) is 0 Å². The number of aromatic nitrogens is 2. The average molecular weight is 214 g/mol. The lowest BCUT2D eigenvalue weighted by molar-refractivity contribution is -0.141. The lowest BCUT2D eigenvalue weighted by atomic mass is 9.89. The Morgan fingerprint density at radius 2 is 2.67 bits per heavy atom. The van der Waals surface area contributed by atoms with Crippen molar-refractivity contribution in [3.8, 4) is 0 Å². The molecule has 1 aromatic heterocycles. The van der Waals surface area contributed by atoms with E-state index >= 15 is 0 Å². The van der Waals surface area contributed by atoms with Gasteiger partial charge >= 0.3 is 5.97 Å². The van der Waals surface area contributed by atoms with Gasteiger partial charge in [-0.25, -0.2) is 4.98 Å². The molecule has 0 amide bonds. The van der Waals surface area contributed by atoms with Gasteiger partial charge in [-0.15, -0.1) is 0 Å². The topological polar surface area (TPSA) is 44.1 Å². The number of carbonyl (C=O) groups is 1. The third kappa shape index (κ3) is 1.89. The summed E-state index contributed by atoms with van der Waals surface area (Å²) < 4.78 is 54.6. The fourth-order valence-electron chi connectivity index (χ4n) is 1.39. The predicted molar refractivity (Wildman–Crippen MR) is 55.1 cm³/mol. The van der Waals surface area contributed by atoms with E-state index in [0.717, 1.165) is 6.92 Å². The van der Waals surface area contributed by atoms with E-state index in [9.17, 15) is 4.79 Å². The molecule has 0 aliphatic carbocycles. The van der Waals surface area contributed by atoms with Gasteiger partial charge in [-0.3, -0.25) is 4.79 Å². The minimum absolute atomic E-state index is 0.0170. The summed E-state index contributed by atoms with van der Waals surface area (Å²) >= 11 is 0. The summed E-state index contributed by atoms with van der Waals surface area (Å²) in [5, 5.41) is 0. The monoisotopic (exact) mass is 214 g/mol. The Morgan fingerprint density at radius 1 is 1.87 bits per heavy atom. The van der Waals surface area contributed by atoms with Gasteiger partial charge in [0.05, 0.1) is 18.8 Å². The third-order valence-corrected chi connectivity index (χ3v) is 2.20. The largest absolute Gasteiger partial charge is 0.465 e. The van der Waals surface area contributed by atoms with Crippen molar-refractivity contribution < 1.29 is 17.8 Å². The molecule has 82 valence electrons. The molecule has 0 aromatic carbocycles. The van der Waals surface area contributed by atoms with Crippen LogP contribution < -0.4 is 0 Å². The first-order valence-electron chi connectivity index (χ1n) is 7.53. The van der Waals surface area contributed by atoms with Gasteiger partial charge < -0.3 is 9.30 Å². The standard InChI is InChI=1S/C11H16N2O2/c1-3-10-8(6-15-11(10)14)4-9-5-12-7-13(9)2/h5,7-8,10H,3-4,6H2,1-2H3/t8-,10-/m0/s1/i3D2,4D2,8D,10D. The van der Waals surface area contributed by atoms with Crippen molar-refractivity contribution in [2.75, 3.05) is 6.61 Å². The third-order valence-electron chi connectivity index (χ3n) is 2.20. The van der Waals surface area contributed by atoms with E-state index in [1.54, 1.807) is 0 Å². The van der Waals surface area contributed by atoms with Crippen LogP contribution in [0.1, 0.15) is 27.2 Å². The molecule has 1 aromatic rings. The number of ether oxygens (including phenoxy) is 1. The van der Waals surface area contributed by atoms with Gasteiger partial charge in [0.2, 0.25) is 0 Å². The molecule has 2 rings (SSSR count). The molecule has 1 aliphatic heterocycles. The number of carbonyl (C=O) groups excluding carboxylic acids is 1. The zero-order valence-electron chi connectivity index (χ0n) is 14.6. The summed E-state index contributed by atoms with van der Waals surface area (Å²) in [6.07, 6.45) is -2.42. The number of hydrogen-bond donors (Lipinski definition) is 0. The van der Waals surface area contributed by atoms with Crippen LogP contribution in [0.15, 0.2) is 12.5 Å². The van der Waals surface area contributed by atoms with Crippen molar-refractivity contribution in [2.24, 2.45) is 18.8 Å². The molecule has 0 radical (unpaired) electrons. The van der Waals surface area contributed by atoms with Gasteiger partial charge in [0.15, 0.2) is 0 Å². The van der Waals surface area contributed by atoms with Crippen LogP contribution in [0.3, 0.4) is 0 Å². The highest BCUT2D eigenvalue weighted by molar-refractivity contribution is 5.74. The van der Waals surface area contributed by atoms with Gasteiger partial charge in [0, 0.05) is 33.1 Å². The highest BCUT2D eigenvalue weighted by Crippen LogP contribution is 2.27. The Bertz CT molecular complexity index is 584. The molecule has 0 spiro atoms. The fourth-order valence-corrected chi connectivity index (χ4v) is 1.39. The lowest BCUT2D eigenvalue weighted by Crippen LogP contribution is -2.18. The zero-order chi connectivity index (χ0) is 16.3. The van der Waals surface area contributed by atoms with E-state index in [-0.39, 0.29) is 5.69 Å². The number of rotatable bonds is 3. The summed E-state index contributed by atoms with van der Waals surface area (Å²) in [7, 11) is 1.52. The van der Waals surface area contributed by atoms with Gasteiger partial charge in [-0.1, -0.05) is 6.92 Å². The van der Waals surface area contributed by atoms with Gasteiger partial charge in [-0.05, 0) is 12.7 Å². The Hall–Kier alpha value is -1.32. The second-order valence-electron chi connectivity index (χ2n) is 3.19. The quantitative estimate of drug-likeness (QED) is 0.709. The Kier molecular flexibility index (Phi) is 1.39. The minimum atomic E-state index is -2.69. The molecule has 0 saturated carbocycles. The van der Waals surface area contributed by atoms with Crippen molar-refractivity contribution in [2.45, 2.75) is 19.7 Å². The number of nitrogens with zero attached hydrogens (tertiary/aromatic N) is 2. The van der Waals surface area contributed by atoms with Crippen LogP contribution in [0.2, 0.25) is 0 Å². The minimum Gasteiger partial charge on any atom is -0.465 e. The van der Waals surface area contributed by atoms with E-state index in [1.165, 1.54) is 24.1 Å². The number of aryl methyl sites for hydroxylation is 1. The van der Waals surface area contributed by atoms with Gasteiger partial charge in [0.1, 0.15) is 0 Å². The smallest absolute Gasteiger partial charge is 0.309 e. The molecule has 15 heavy (non-hydrogen) atoms. The molecule has 1 fully saturated rings. The van der Waals surface area contributed by atoms with Crippen molar-refractivity contribution in [3.05, 3.63) is 18.2 Å². The lowest BCUT2D eigenvalue weighted by Gasteiger charge is -2.12. The average Bonchev–Trinajstić information content (AvgIpc) is 2.88. The zero-order valence-corrected chi connectivity index (χ0v) is 8.57. The van der Waals surface area contributed by atoms with E-state index in [4.69, 9.17) is 13.0 Å². The molecule has 1 aliphatic rings. The molecule has 1 saturated heterocycles. The maximum Gasteiger partial charge on any atom is 0.309 e. The molecular weight excluding hydrogens is 192 g/mol. The highest BCUT2D eigenvalue weighted by atomic mass is 16.5. The Morgan fingerprint density at radius 3 is 3.27 bits per heavy atom. The van der Waals surface area contributed by atoms with Crippen molar-refractivity contribution in [1.29, 1.82) is 0 Å². The summed E-state index contributed by atoms with van der Waals surface area (Å²) in [5.41, 5.74) is -0.0170. The predicted octanol–water partition coefficient (Wildman–Crippen LogP) is 1.16. The molecule has 4 heteroatoms. The summed E-state index contributed by atoms with van der Waals surface area (Å²) in [5.74, 6) is -6.35. The van der Waals surface area contributed by atoms with Crippen LogP contribution in [-0.4, -0.2) is 22.1 Å². The molecule has 4 nitrogen and oxygen atoms in total. The first kappa shape index (κ1) is 5.14. The Balaban J connectivity index is 2.65. The summed E-state index contributed by atoms with van der Waals surface area (Å²) in [4.78, 5) is 15.7. The van der Waals surface area contributed by atoms with Gasteiger partial charge in [-0.2, -0.15) is 0 Å². The Labute approximate surface area is 97.7 Å². The second kappa shape index (κ2) is 4.04. The van der Waals surface area contributed by atoms with Gasteiger partial charge in [0.25, 0.3) is 0 Å². The van der Waals surface area contributed by atoms with E-state index in [2.05, 4.69) is 4.98 Å². The van der Waals surface area contributed by atoms with Crippen LogP contribution in [0.25, 0.3) is 0 Å². The maximum absolute atomic E-state index is 11.9. The molecular formula is C11H16N2O2. The van der Waals surface area contributed by atoms with Crippen LogP contribution in [-0.2, 0) is 23.0 Å². The summed E-state index contributed by atoms with van der Waals surface area (Å²) in [6.45, 7) is 0.288. The van der Waals surface area contributed by atoms with E-state index in [1.807, 2.05) is 0 Å². The number of cyclic esters (lactones) is 1. The number of imidazole rings is 1. The van der Waals surface area contributed by atoms with Crippen molar-refractivity contribution in [1.82, 2.24) is 9.55 Å². The second-order valence-corrected chi connectivity index (χ2v) is 3.19. The van der Waals surface area contributed by atoms with Crippen molar-refractivity contribution >= 4 is 5.97 Å². The number of esters is 1. The van der Waals surface area contributed by atoms with E-state index < -0.39 is 37.1 Å². The van der Waals surface area contributed by atoms with Crippen molar-refractivity contribution in [3.63, 3.8) is 0 Å². The fraction of sp³-hybridized carbons (Fsp3) is 0.636. The summed E-state index contributed by atoms with van der Waals surface area (Å²) in [6, 6.07) is 0.